The van der Waals surface area contributed by atoms with Gasteiger partial charge in [-0.1, -0.05) is 0 Å². The molecule has 8 nitrogen and oxygen atoms in total. The van der Waals surface area contributed by atoms with E-state index in [2.05, 4.69) is 4.74 Å². The number of amides is 1. The molecule has 0 spiro atoms. The molecule has 1 amide bonds. The van der Waals surface area contributed by atoms with E-state index in [-0.39, 0.29) is 24.7 Å². The number of esters is 1. The molecule has 1 aromatic carbocycles. The van der Waals surface area contributed by atoms with E-state index in [4.69, 9.17) is 4.74 Å². The number of carbonyl (C=O) groups is 2. The largest absolute Gasteiger partial charge is 0.465 e. The third kappa shape index (κ3) is 4.56. The third-order valence-electron chi connectivity index (χ3n) is 4.03. The SMILES string of the molecule is COC(=O)c1ccc(F)c(S(=O)(=O)N2CC(N(C)C(=O)OC(C)(C)C)C2)c1. The monoisotopic (exact) mass is 402 g/mol. The highest BCUT2D eigenvalue weighted by atomic mass is 32.2. The molecular formula is C17H23FN2O6S. The molecule has 1 aliphatic heterocycles. The van der Waals surface area contributed by atoms with Crippen LogP contribution in [0.1, 0.15) is 31.1 Å². The summed E-state index contributed by atoms with van der Waals surface area (Å²) in [5, 5.41) is 0. The van der Waals surface area contributed by atoms with Crippen molar-refractivity contribution in [1.29, 1.82) is 0 Å². The highest BCUT2D eigenvalue weighted by Gasteiger charge is 2.42. The average Bonchev–Trinajstić information content (AvgIpc) is 2.50. The van der Waals surface area contributed by atoms with Gasteiger partial charge in [-0.2, -0.15) is 4.31 Å². The maximum atomic E-state index is 14.1. The number of hydrogen-bond donors (Lipinski definition) is 0. The van der Waals surface area contributed by atoms with E-state index in [0.29, 0.717) is 0 Å². The number of halogens is 1. The van der Waals surface area contributed by atoms with E-state index >= 15 is 0 Å². The van der Waals surface area contributed by atoms with Crippen LogP contribution in [-0.2, 0) is 19.5 Å². The molecule has 0 saturated carbocycles. The molecule has 0 bridgehead atoms. The Kier molecular flexibility index (Phi) is 5.81. The lowest BCUT2D eigenvalue weighted by atomic mass is 10.1. The smallest absolute Gasteiger partial charge is 0.410 e. The zero-order valence-electron chi connectivity index (χ0n) is 15.9. The van der Waals surface area contributed by atoms with Crippen LogP contribution in [0.4, 0.5) is 9.18 Å². The van der Waals surface area contributed by atoms with Gasteiger partial charge in [-0.3, -0.25) is 0 Å². The standard InChI is InChI=1S/C17H23FN2O6S/c1-17(2,3)26-16(22)19(4)12-9-20(10-12)27(23,24)14-8-11(15(21)25-5)6-7-13(14)18/h6-8,12H,9-10H2,1-5H3. The lowest BCUT2D eigenvalue weighted by molar-refractivity contribution is 0.00904. The second kappa shape index (κ2) is 7.43. The summed E-state index contributed by atoms with van der Waals surface area (Å²) in [6.45, 7) is 5.19. The van der Waals surface area contributed by atoms with Gasteiger partial charge < -0.3 is 14.4 Å². The Balaban J connectivity index is 2.13. The van der Waals surface area contributed by atoms with Crippen molar-refractivity contribution in [1.82, 2.24) is 9.21 Å². The van der Waals surface area contributed by atoms with Gasteiger partial charge in [0.25, 0.3) is 0 Å². The van der Waals surface area contributed by atoms with E-state index in [1.165, 1.54) is 11.9 Å². The van der Waals surface area contributed by atoms with Gasteiger partial charge in [0, 0.05) is 20.1 Å². The normalized spacial score (nSPS) is 15.8. The predicted octanol–water partition coefficient (Wildman–Crippen LogP) is 1.85. The van der Waals surface area contributed by atoms with Crippen LogP contribution in [0.3, 0.4) is 0 Å². The summed E-state index contributed by atoms with van der Waals surface area (Å²) in [4.78, 5) is 24.3. The first kappa shape index (κ1) is 21.1. The molecule has 0 atom stereocenters. The molecule has 0 radical (unpaired) electrons. The van der Waals surface area contributed by atoms with Gasteiger partial charge in [0.15, 0.2) is 0 Å². The van der Waals surface area contributed by atoms with Gasteiger partial charge in [0.1, 0.15) is 16.3 Å². The lowest BCUT2D eigenvalue weighted by Gasteiger charge is -2.42. The number of sulfonamides is 1. The Morgan fingerprint density at radius 1 is 1.26 bits per heavy atom. The molecule has 2 rings (SSSR count). The number of benzene rings is 1. The minimum Gasteiger partial charge on any atom is -0.465 e. The molecule has 0 aromatic heterocycles. The van der Waals surface area contributed by atoms with Crippen molar-refractivity contribution >= 4 is 22.1 Å². The third-order valence-corrected chi connectivity index (χ3v) is 5.87. The fourth-order valence-corrected chi connectivity index (χ4v) is 4.03. The van der Waals surface area contributed by atoms with Crippen molar-refractivity contribution in [2.75, 3.05) is 27.2 Å². The molecule has 1 saturated heterocycles. The Morgan fingerprint density at radius 3 is 2.37 bits per heavy atom. The van der Waals surface area contributed by atoms with Gasteiger partial charge in [0.2, 0.25) is 10.0 Å². The predicted molar refractivity (Wildman–Crippen MR) is 94.3 cm³/mol. The molecule has 0 N–H and O–H groups in total. The summed E-state index contributed by atoms with van der Waals surface area (Å²) < 4.78 is 50.2. The zero-order chi connectivity index (χ0) is 20.6. The van der Waals surface area contributed by atoms with Crippen LogP contribution in [0.15, 0.2) is 23.1 Å². The molecule has 0 unspecified atom stereocenters. The topological polar surface area (TPSA) is 93.2 Å². The summed E-state index contributed by atoms with van der Waals surface area (Å²) in [7, 11) is -1.49. The van der Waals surface area contributed by atoms with Crippen LogP contribution in [-0.4, -0.2) is 68.6 Å². The lowest BCUT2D eigenvalue weighted by Crippen LogP contribution is -2.61. The average molecular weight is 402 g/mol. The van der Waals surface area contributed by atoms with E-state index < -0.39 is 38.4 Å². The highest BCUT2D eigenvalue weighted by Crippen LogP contribution is 2.27. The van der Waals surface area contributed by atoms with Crippen LogP contribution in [0, 0.1) is 5.82 Å². The van der Waals surface area contributed by atoms with Crippen LogP contribution < -0.4 is 0 Å². The van der Waals surface area contributed by atoms with Crippen molar-refractivity contribution in [2.24, 2.45) is 0 Å². The Bertz CT molecular complexity index is 843. The summed E-state index contributed by atoms with van der Waals surface area (Å²) in [6.07, 6.45) is -0.566. The number of likely N-dealkylation sites (N-methyl/N-ethyl adjacent to an activating group) is 1. The van der Waals surface area contributed by atoms with Crippen LogP contribution in [0.25, 0.3) is 0 Å². The zero-order valence-corrected chi connectivity index (χ0v) is 16.7. The summed E-state index contributed by atoms with van der Waals surface area (Å²) in [6, 6.07) is 2.61. The number of carbonyl (C=O) groups excluding carboxylic acids is 2. The maximum Gasteiger partial charge on any atom is 0.410 e. The van der Waals surface area contributed by atoms with Crippen LogP contribution in [0.5, 0.6) is 0 Å². The highest BCUT2D eigenvalue weighted by molar-refractivity contribution is 7.89. The minimum absolute atomic E-state index is 0.0000317. The van der Waals surface area contributed by atoms with E-state index in [1.54, 1.807) is 20.8 Å². The van der Waals surface area contributed by atoms with Crippen molar-refractivity contribution in [3.63, 3.8) is 0 Å². The van der Waals surface area contributed by atoms with Crippen LogP contribution in [0.2, 0.25) is 0 Å². The number of ether oxygens (including phenoxy) is 2. The van der Waals surface area contributed by atoms with Crippen molar-refractivity contribution < 1.29 is 31.9 Å². The Labute approximate surface area is 157 Å². The van der Waals surface area contributed by atoms with E-state index in [0.717, 1.165) is 29.6 Å². The molecule has 1 aromatic rings. The quantitative estimate of drug-likeness (QED) is 0.714. The molecule has 1 heterocycles. The number of rotatable bonds is 4. The number of hydrogen-bond acceptors (Lipinski definition) is 6. The van der Waals surface area contributed by atoms with Crippen molar-refractivity contribution in [3.8, 4) is 0 Å². The first-order chi connectivity index (χ1) is 12.4. The fraction of sp³-hybridized carbons (Fsp3) is 0.529. The Hall–Kier alpha value is -2.20. The number of nitrogens with zero attached hydrogens (tertiary/aromatic N) is 2. The van der Waals surface area contributed by atoms with E-state index in [9.17, 15) is 22.4 Å². The fourth-order valence-electron chi connectivity index (χ4n) is 2.43. The first-order valence-electron chi connectivity index (χ1n) is 8.20. The van der Waals surface area contributed by atoms with Crippen molar-refractivity contribution in [3.05, 3.63) is 29.6 Å². The molecule has 10 heteroatoms. The molecule has 0 aliphatic carbocycles. The minimum atomic E-state index is -4.15. The van der Waals surface area contributed by atoms with Gasteiger partial charge >= 0.3 is 12.1 Å². The maximum absolute atomic E-state index is 14.1. The molecular weight excluding hydrogens is 379 g/mol. The van der Waals surface area contributed by atoms with Gasteiger partial charge in [-0.25, -0.2) is 22.4 Å². The summed E-state index contributed by atoms with van der Waals surface area (Å²) in [5.41, 5.74) is -0.737. The van der Waals surface area contributed by atoms with E-state index in [1.807, 2.05) is 0 Å². The second-order valence-corrected chi connectivity index (χ2v) is 9.11. The second-order valence-electron chi connectivity index (χ2n) is 7.20. The summed E-state index contributed by atoms with van der Waals surface area (Å²) in [5.74, 6) is -1.73. The molecule has 150 valence electrons. The van der Waals surface area contributed by atoms with Crippen molar-refractivity contribution in [2.45, 2.75) is 37.3 Å². The van der Waals surface area contributed by atoms with Crippen LogP contribution >= 0.6 is 0 Å². The first-order valence-corrected chi connectivity index (χ1v) is 9.64. The number of methoxy groups -OCH3 is 1. The van der Waals surface area contributed by atoms with Gasteiger partial charge in [-0.05, 0) is 39.0 Å². The summed E-state index contributed by atoms with van der Waals surface area (Å²) >= 11 is 0. The Morgan fingerprint density at radius 2 is 1.85 bits per heavy atom. The molecule has 1 fully saturated rings. The van der Waals surface area contributed by atoms with Gasteiger partial charge in [-0.15, -0.1) is 0 Å². The molecule has 27 heavy (non-hydrogen) atoms. The van der Waals surface area contributed by atoms with Gasteiger partial charge in [0.05, 0.1) is 18.7 Å². The molecule has 1 aliphatic rings.